The van der Waals surface area contributed by atoms with Crippen molar-refractivity contribution in [3.8, 4) is 11.3 Å². The number of rotatable bonds is 6. The molecule has 130 valence electrons. The van der Waals surface area contributed by atoms with E-state index >= 15 is 0 Å². The fraction of sp³-hybridized carbons (Fsp3) is 0.105. The molecular formula is C19H15N3O4. The van der Waals surface area contributed by atoms with Crippen molar-refractivity contribution in [3.63, 3.8) is 0 Å². The molecule has 3 heterocycles. The van der Waals surface area contributed by atoms with Crippen molar-refractivity contribution in [1.29, 1.82) is 0 Å². The second-order valence-electron chi connectivity index (χ2n) is 5.59. The van der Waals surface area contributed by atoms with Crippen LogP contribution in [0.2, 0.25) is 0 Å². The molecule has 0 spiro atoms. The fourth-order valence-electron chi connectivity index (χ4n) is 2.46. The first-order valence-corrected chi connectivity index (χ1v) is 8.02. The fourth-order valence-corrected chi connectivity index (χ4v) is 2.46. The highest BCUT2D eigenvalue weighted by Gasteiger charge is 2.15. The van der Waals surface area contributed by atoms with Gasteiger partial charge < -0.3 is 13.7 Å². The zero-order valence-electron chi connectivity index (χ0n) is 13.7. The van der Waals surface area contributed by atoms with Gasteiger partial charge in [-0.15, -0.1) is 0 Å². The summed E-state index contributed by atoms with van der Waals surface area (Å²) in [6.07, 6.45) is 3.49. The number of ether oxygens (including phenoxy) is 1. The van der Waals surface area contributed by atoms with Crippen LogP contribution in [0, 0.1) is 0 Å². The van der Waals surface area contributed by atoms with E-state index < -0.39 is 5.97 Å². The van der Waals surface area contributed by atoms with E-state index in [2.05, 4.69) is 10.3 Å². The van der Waals surface area contributed by atoms with Crippen LogP contribution in [-0.4, -0.2) is 20.9 Å². The van der Waals surface area contributed by atoms with Gasteiger partial charge in [-0.25, -0.2) is 4.79 Å². The van der Waals surface area contributed by atoms with Gasteiger partial charge in [0.15, 0.2) is 12.4 Å². The zero-order chi connectivity index (χ0) is 17.8. The van der Waals surface area contributed by atoms with Crippen molar-refractivity contribution >= 4 is 5.97 Å². The van der Waals surface area contributed by atoms with E-state index in [1.807, 2.05) is 42.6 Å². The number of hydrogen-bond donors (Lipinski definition) is 0. The first kappa shape index (κ1) is 15.9. The van der Waals surface area contributed by atoms with Gasteiger partial charge >= 0.3 is 5.97 Å². The number of aromatic nitrogens is 3. The molecule has 0 saturated heterocycles. The summed E-state index contributed by atoms with van der Waals surface area (Å²) in [6.45, 7) is 0.427. The smallest absolute Gasteiger partial charge is 0.374 e. The standard InChI is InChI=1S/C19H15N3O4/c23-19(18-8-7-15(25-18)12-22-10-4-9-20-22)24-13-16-11-17(21-26-16)14-5-2-1-3-6-14/h1-11H,12-13H2. The van der Waals surface area contributed by atoms with Gasteiger partial charge in [0.1, 0.15) is 11.5 Å². The lowest BCUT2D eigenvalue weighted by Gasteiger charge is -2.00. The normalized spacial score (nSPS) is 10.8. The topological polar surface area (TPSA) is 83.3 Å². The minimum Gasteiger partial charge on any atom is -0.452 e. The average Bonchev–Trinajstić information content (AvgIpc) is 3.43. The molecule has 4 aromatic rings. The Bertz CT molecular complexity index is 987. The summed E-state index contributed by atoms with van der Waals surface area (Å²) in [5, 5.41) is 8.07. The van der Waals surface area contributed by atoms with Gasteiger partial charge in [-0.05, 0) is 18.2 Å². The van der Waals surface area contributed by atoms with E-state index in [9.17, 15) is 4.79 Å². The molecule has 0 fully saturated rings. The Morgan fingerprint density at radius 3 is 2.77 bits per heavy atom. The van der Waals surface area contributed by atoms with Gasteiger partial charge in [0.25, 0.3) is 0 Å². The van der Waals surface area contributed by atoms with Gasteiger partial charge in [0.2, 0.25) is 5.76 Å². The zero-order valence-corrected chi connectivity index (χ0v) is 13.7. The molecule has 0 aliphatic heterocycles. The highest BCUT2D eigenvalue weighted by atomic mass is 16.6. The van der Waals surface area contributed by atoms with E-state index in [4.69, 9.17) is 13.7 Å². The third kappa shape index (κ3) is 3.56. The van der Waals surface area contributed by atoms with Crippen LogP contribution in [-0.2, 0) is 17.9 Å². The summed E-state index contributed by atoms with van der Waals surface area (Å²) in [7, 11) is 0. The number of carbonyl (C=O) groups is 1. The molecule has 0 N–H and O–H groups in total. The molecule has 0 amide bonds. The van der Waals surface area contributed by atoms with E-state index in [0.29, 0.717) is 23.8 Å². The Morgan fingerprint density at radius 1 is 1.08 bits per heavy atom. The molecule has 0 saturated carbocycles. The molecule has 0 aliphatic carbocycles. The van der Waals surface area contributed by atoms with Crippen molar-refractivity contribution in [2.75, 3.05) is 0 Å². The molecule has 0 unspecified atom stereocenters. The summed E-state index contributed by atoms with van der Waals surface area (Å²) < 4.78 is 17.6. The number of furan rings is 1. The van der Waals surface area contributed by atoms with Gasteiger partial charge in [-0.1, -0.05) is 35.5 Å². The minimum absolute atomic E-state index is 0.0200. The largest absolute Gasteiger partial charge is 0.452 e. The molecule has 0 bridgehead atoms. The Morgan fingerprint density at radius 2 is 1.96 bits per heavy atom. The van der Waals surface area contributed by atoms with Crippen LogP contribution in [0.25, 0.3) is 11.3 Å². The second kappa shape index (κ2) is 7.10. The summed E-state index contributed by atoms with van der Waals surface area (Å²) in [5.74, 6) is 0.650. The van der Waals surface area contributed by atoms with Crippen LogP contribution in [0.5, 0.6) is 0 Å². The Balaban J connectivity index is 1.36. The van der Waals surface area contributed by atoms with Crippen molar-refractivity contribution in [2.24, 2.45) is 0 Å². The van der Waals surface area contributed by atoms with Crippen LogP contribution in [0.15, 0.2) is 75.9 Å². The van der Waals surface area contributed by atoms with Crippen molar-refractivity contribution in [3.05, 3.63) is 84.3 Å². The van der Waals surface area contributed by atoms with Crippen molar-refractivity contribution in [2.45, 2.75) is 13.2 Å². The summed E-state index contributed by atoms with van der Waals surface area (Å²) >= 11 is 0. The molecule has 0 atom stereocenters. The summed E-state index contributed by atoms with van der Waals surface area (Å²) in [5.41, 5.74) is 1.62. The molecule has 4 rings (SSSR count). The summed E-state index contributed by atoms with van der Waals surface area (Å²) in [4.78, 5) is 12.1. The molecular weight excluding hydrogens is 334 g/mol. The van der Waals surface area contributed by atoms with E-state index in [1.54, 1.807) is 29.1 Å². The lowest BCUT2D eigenvalue weighted by atomic mass is 10.1. The number of carbonyl (C=O) groups excluding carboxylic acids is 1. The van der Waals surface area contributed by atoms with Crippen LogP contribution in [0.4, 0.5) is 0 Å². The quantitative estimate of drug-likeness (QED) is 0.495. The SMILES string of the molecule is O=C(OCc1cc(-c2ccccc2)no1)c1ccc(Cn2cccn2)o1. The highest BCUT2D eigenvalue weighted by molar-refractivity contribution is 5.86. The Hall–Kier alpha value is -3.61. The molecule has 0 aliphatic rings. The molecule has 26 heavy (non-hydrogen) atoms. The first-order valence-electron chi connectivity index (χ1n) is 8.02. The minimum atomic E-state index is -0.561. The monoisotopic (exact) mass is 349 g/mol. The van der Waals surface area contributed by atoms with Gasteiger partial charge in [-0.3, -0.25) is 4.68 Å². The summed E-state index contributed by atoms with van der Waals surface area (Å²) in [6, 6.07) is 16.5. The van der Waals surface area contributed by atoms with E-state index in [0.717, 1.165) is 5.56 Å². The molecule has 7 nitrogen and oxygen atoms in total. The van der Waals surface area contributed by atoms with E-state index in [1.165, 1.54) is 0 Å². The highest BCUT2D eigenvalue weighted by Crippen LogP contribution is 2.19. The average molecular weight is 349 g/mol. The lowest BCUT2D eigenvalue weighted by Crippen LogP contribution is -2.03. The Kier molecular flexibility index (Phi) is 4.34. The van der Waals surface area contributed by atoms with Gasteiger partial charge in [0.05, 0.1) is 6.54 Å². The third-order valence-electron chi connectivity index (χ3n) is 3.71. The number of benzene rings is 1. The lowest BCUT2D eigenvalue weighted by molar-refractivity contribution is 0.0399. The second-order valence-corrected chi connectivity index (χ2v) is 5.59. The Labute approximate surface area is 148 Å². The van der Waals surface area contributed by atoms with Gasteiger partial charge in [0, 0.05) is 24.0 Å². The predicted octanol–water partition coefficient (Wildman–Crippen LogP) is 3.54. The van der Waals surface area contributed by atoms with Crippen LogP contribution in [0.3, 0.4) is 0 Å². The molecule has 1 aromatic carbocycles. The van der Waals surface area contributed by atoms with Crippen LogP contribution >= 0.6 is 0 Å². The maximum atomic E-state index is 12.1. The van der Waals surface area contributed by atoms with Crippen LogP contribution < -0.4 is 0 Å². The van der Waals surface area contributed by atoms with Gasteiger partial charge in [-0.2, -0.15) is 5.10 Å². The van der Waals surface area contributed by atoms with E-state index in [-0.39, 0.29) is 12.4 Å². The van der Waals surface area contributed by atoms with Crippen LogP contribution in [0.1, 0.15) is 22.1 Å². The molecule has 7 heteroatoms. The number of hydrogen-bond acceptors (Lipinski definition) is 6. The first-order chi connectivity index (χ1) is 12.8. The maximum Gasteiger partial charge on any atom is 0.374 e. The van der Waals surface area contributed by atoms with Crippen molar-refractivity contribution < 1.29 is 18.5 Å². The third-order valence-corrected chi connectivity index (χ3v) is 3.71. The number of nitrogens with zero attached hydrogens (tertiary/aromatic N) is 3. The molecule has 3 aromatic heterocycles. The molecule has 0 radical (unpaired) electrons. The maximum absolute atomic E-state index is 12.1. The number of esters is 1. The van der Waals surface area contributed by atoms with Crippen molar-refractivity contribution in [1.82, 2.24) is 14.9 Å². The predicted molar refractivity (Wildman–Crippen MR) is 91.1 cm³/mol.